The van der Waals surface area contributed by atoms with Gasteiger partial charge in [-0.05, 0) is 6.07 Å². The lowest BCUT2D eigenvalue weighted by Crippen LogP contribution is -2.22. The fourth-order valence-electron chi connectivity index (χ4n) is 1.64. The molecule has 2 rings (SSSR count). The SMILES string of the molecule is CC1(C)CN(Cl)c2ccncc21. The summed E-state index contributed by atoms with van der Waals surface area (Å²) in [6.45, 7) is 5.21. The fourth-order valence-corrected chi connectivity index (χ4v) is 2.08. The van der Waals surface area contributed by atoms with Crippen molar-refractivity contribution in [3.05, 3.63) is 24.0 Å². The molecule has 0 atom stereocenters. The van der Waals surface area contributed by atoms with Crippen LogP contribution >= 0.6 is 11.8 Å². The maximum Gasteiger partial charge on any atom is 0.0592 e. The second-order valence-electron chi connectivity index (χ2n) is 3.80. The summed E-state index contributed by atoms with van der Waals surface area (Å²) in [5.74, 6) is 0. The van der Waals surface area contributed by atoms with E-state index in [2.05, 4.69) is 18.8 Å². The first-order chi connectivity index (χ1) is 5.61. The maximum absolute atomic E-state index is 6.03. The highest BCUT2D eigenvalue weighted by molar-refractivity contribution is 6.26. The first-order valence-corrected chi connectivity index (χ1v) is 4.33. The van der Waals surface area contributed by atoms with Crippen molar-refractivity contribution in [1.82, 2.24) is 4.98 Å². The zero-order chi connectivity index (χ0) is 8.77. The summed E-state index contributed by atoms with van der Waals surface area (Å²) in [6, 6.07) is 1.96. The van der Waals surface area contributed by atoms with Gasteiger partial charge in [-0.1, -0.05) is 13.8 Å². The van der Waals surface area contributed by atoms with Gasteiger partial charge in [0.1, 0.15) is 0 Å². The Morgan fingerprint density at radius 2 is 2.33 bits per heavy atom. The molecule has 0 saturated carbocycles. The molecule has 12 heavy (non-hydrogen) atoms. The number of fused-ring (bicyclic) bond motifs is 1. The summed E-state index contributed by atoms with van der Waals surface area (Å²) in [6.07, 6.45) is 3.67. The molecule has 0 bridgehead atoms. The lowest BCUT2D eigenvalue weighted by atomic mass is 9.88. The van der Waals surface area contributed by atoms with E-state index >= 15 is 0 Å². The van der Waals surface area contributed by atoms with Crippen molar-refractivity contribution in [3.8, 4) is 0 Å². The molecule has 2 nitrogen and oxygen atoms in total. The molecule has 0 amide bonds. The Morgan fingerprint density at radius 3 is 3.00 bits per heavy atom. The third kappa shape index (κ3) is 0.985. The number of aromatic nitrogens is 1. The molecule has 1 aromatic rings. The zero-order valence-electron chi connectivity index (χ0n) is 7.21. The van der Waals surface area contributed by atoms with Crippen LogP contribution in [0.15, 0.2) is 18.5 Å². The third-order valence-corrected chi connectivity index (χ3v) is 2.62. The minimum atomic E-state index is 0.130. The van der Waals surface area contributed by atoms with Crippen LogP contribution < -0.4 is 4.42 Å². The number of pyridine rings is 1. The van der Waals surface area contributed by atoms with Gasteiger partial charge in [0.15, 0.2) is 0 Å². The van der Waals surface area contributed by atoms with E-state index < -0.39 is 0 Å². The van der Waals surface area contributed by atoms with Gasteiger partial charge in [0.05, 0.1) is 5.69 Å². The van der Waals surface area contributed by atoms with E-state index in [1.54, 1.807) is 10.6 Å². The molecule has 1 aromatic heterocycles. The van der Waals surface area contributed by atoms with Crippen LogP contribution in [0.25, 0.3) is 0 Å². The van der Waals surface area contributed by atoms with E-state index in [0.717, 1.165) is 12.2 Å². The molecule has 3 heteroatoms. The van der Waals surface area contributed by atoms with Gasteiger partial charge in [0.2, 0.25) is 0 Å². The number of anilines is 1. The van der Waals surface area contributed by atoms with Gasteiger partial charge in [-0.15, -0.1) is 0 Å². The Bertz CT molecular complexity index is 309. The quantitative estimate of drug-likeness (QED) is 0.573. The van der Waals surface area contributed by atoms with Gasteiger partial charge in [-0.3, -0.25) is 9.40 Å². The zero-order valence-corrected chi connectivity index (χ0v) is 7.97. The van der Waals surface area contributed by atoms with E-state index in [-0.39, 0.29) is 5.41 Å². The van der Waals surface area contributed by atoms with E-state index in [9.17, 15) is 0 Å². The Labute approximate surface area is 77.3 Å². The second kappa shape index (κ2) is 2.36. The van der Waals surface area contributed by atoms with Crippen molar-refractivity contribution >= 4 is 17.5 Å². The smallest absolute Gasteiger partial charge is 0.0592 e. The van der Waals surface area contributed by atoms with Crippen LogP contribution in [-0.2, 0) is 5.41 Å². The molecule has 0 aromatic carbocycles. The minimum absolute atomic E-state index is 0.130. The lowest BCUT2D eigenvalue weighted by molar-refractivity contribution is 0.573. The average molecular weight is 183 g/mol. The summed E-state index contributed by atoms with van der Waals surface area (Å²) >= 11 is 6.03. The summed E-state index contributed by atoms with van der Waals surface area (Å²) in [4.78, 5) is 4.10. The van der Waals surface area contributed by atoms with Crippen molar-refractivity contribution in [2.75, 3.05) is 11.0 Å². The van der Waals surface area contributed by atoms with Gasteiger partial charge in [-0.2, -0.15) is 0 Å². The molecule has 0 aliphatic carbocycles. The van der Waals surface area contributed by atoms with Crippen molar-refractivity contribution in [2.24, 2.45) is 0 Å². The van der Waals surface area contributed by atoms with Gasteiger partial charge in [0, 0.05) is 41.7 Å². The number of rotatable bonds is 0. The van der Waals surface area contributed by atoms with Crippen LogP contribution in [-0.4, -0.2) is 11.5 Å². The molecule has 0 spiro atoms. The Balaban J connectivity index is 2.58. The van der Waals surface area contributed by atoms with Crippen LogP contribution in [0.4, 0.5) is 5.69 Å². The highest BCUT2D eigenvalue weighted by Gasteiger charge is 2.34. The lowest BCUT2D eigenvalue weighted by Gasteiger charge is -2.16. The van der Waals surface area contributed by atoms with Crippen molar-refractivity contribution in [2.45, 2.75) is 19.3 Å². The van der Waals surface area contributed by atoms with E-state index in [4.69, 9.17) is 11.8 Å². The Hall–Kier alpha value is -0.760. The molecule has 0 radical (unpaired) electrons. The van der Waals surface area contributed by atoms with Crippen LogP contribution in [0.2, 0.25) is 0 Å². The van der Waals surface area contributed by atoms with Gasteiger partial charge < -0.3 is 0 Å². The minimum Gasteiger partial charge on any atom is -0.284 e. The predicted octanol–water partition coefficient (Wildman–Crippen LogP) is 2.33. The first kappa shape index (κ1) is 7.87. The molecule has 64 valence electrons. The third-order valence-electron chi connectivity index (χ3n) is 2.32. The van der Waals surface area contributed by atoms with Crippen LogP contribution in [0.1, 0.15) is 19.4 Å². The van der Waals surface area contributed by atoms with Gasteiger partial charge in [0.25, 0.3) is 0 Å². The molecule has 1 aliphatic heterocycles. The highest BCUT2D eigenvalue weighted by Crippen LogP contribution is 2.40. The molecule has 0 saturated heterocycles. The van der Waals surface area contributed by atoms with Crippen molar-refractivity contribution < 1.29 is 0 Å². The second-order valence-corrected chi connectivity index (χ2v) is 4.21. The summed E-state index contributed by atoms with van der Waals surface area (Å²) in [5, 5.41) is 0. The maximum atomic E-state index is 6.03. The molecule has 1 aliphatic rings. The fraction of sp³-hybridized carbons (Fsp3) is 0.444. The summed E-state index contributed by atoms with van der Waals surface area (Å²) < 4.78 is 1.76. The number of halogens is 1. The highest BCUT2D eigenvalue weighted by atomic mass is 35.5. The average Bonchev–Trinajstić information content (AvgIpc) is 2.25. The van der Waals surface area contributed by atoms with Gasteiger partial charge in [-0.25, -0.2) is 0 Å². The van der Waals surface area contributed by atoms with E-state index in [1.807, 2.05) is 12.3 Å². The van der Waals surface area contributed by atoms with Crippen molar-refractivity contribution in [1.29, 1.82) is 0 Å². The molecule has 0 unspecified atom stereocenters. The van der Waals surface area contributed by atoms with E-state index in [1.165, 1.54) is 5.56 Å². The van der Waals surface area contributed by atoms with Crippen LogP contribution in [0.5, 0.6) is 0 Å². The standard InChI is InChI=1S/C9H11ClN2/c1-9(2)6-12(10)8-3-4-11-5-7(8)9/h3-5H,6H2,1-2H3. The topological polar surface area (TPSA) is 16.1 Å². The largest absolute Gasteiger partial charge is 0.284 e. The molecule has 0 fully saturated rings. The van der Waals surface area contributed by atoms with Crippen LogP contribution in [0, 0.1) is 0 Å². The van der Waals surface area contributed by atoms with Crippen molar-refractivity contribution in [3.63, 3.8) is 0 Å². The number of nitrogens with zero attached hydrogens (tertiary/aromatic N) is 2. The molecule has 2 heterocycles. The number of hydrogen-bond donors (Lipinski definition) is 0. The normalized spacial score (nSPS) is 19.4. The van der Waals surface area contributed by atoms with Crippen LogP contribution in [0.3, 0.4) is 0 Å². The Kier molecular flexibility index (Phi) is 1.55. The monoisotopic (exact) mass is 182 g/mol. The molecule has 0 N–H and O–H groups in total. The van der Waals surface area contributed by atoms with Gasteiger partial charge >= 0.3 is 0 Å². The Morgan fingerprint density at radius 1 is 1.58 bits per heavy atom. The molecular formula is C9H11ClN2. The summed E-state index contributed by atoms with van der Waals surface area (Å²) in [7, 11) is 0. The predicted molar refractivity (Wildman–Crippen MR) is 50.5 cm³/mol. The summed E-state index contributed by atoms with van der Waals surface area (Å²) in [5.41, 5.74) is 2.46. The van der Waals surface area contributed by atoms with E-state index in [0.29, 0.717) is 0 Å². The molecular weight excluding hydrogens is 172 g/mol. The first-order valence-electron chi connectivity index (χ1n) is 3.99. The number of hydrogen-bond acceptors (Lipinski definition) is 2.